The number of nitrogens with zero attached hydrogens (tertiary/aromatic N) is 4. The monoisotopic (exact) mass is 735 g/mol. The maximum Gasteiger partial charge on any atom is 0.255 e. The molecule has 0 radical (unpaired) electrons. The van der Waals surface area contributed by atoms with E-state index in [2.05, 4.69) is 99.4 Å². The van der Waals surface area contributed by atoms with E-state index < -0.39 is 6.04 Å². The van der Waals surface area contributed by atoms with Gasteiger partial charge in [-0.05, 0) is 128 Å². The highest BCUT2D eigenvalue weighted by Crippen LogP contribution is 2.47. The first-order valence-corrected chi connectivity index (χ1v) is 20.5. The summed E-state index contributed by atoms with van der Waals surface area (Å²) in [5, 5.41) is 13.0. The molecule has 8 nitrogen and oxygen atoms in total. The van der Waals surface area contributed by atoms with Gasteiger partial charge in [0.25, 0.3) is 5.91 Å². The number of carbonyl (C=O) groups is 2. The van der Waals surface area contributed by atoms with Gasteiger partial charge in [0.15, 0.2) is 0 Å². The van der Waals surface area contributed by atoms with Crippen LogP contribution in [0.4, 0.5) is 5.69 Å². The van der Waals surface area contributed by atoms with Crippen molar-refractivity contribution in [2.45, 2.75) is 75.4 Å². The lowest BCUT2D eigenvalue weighted by Gasteiger charge is -2.39. The molecule has 8 heteroatoms. The molecule has 4 atom stereocenters. The number of hydrogen-bond acceptors (Lipinski definition) is 6. The third-order valence-electron chi connectivity index (χ3n) is 13.2. The first-order chi connectivity index (χ1) is 26.9. The van der Waals surface area contributed by atoms with Gasteiger partial charge in [0, 0.05) is 68.2 Å². The minimum Gasteiger partial charge on any atom is -0.508 e. The SMILES string of the molecule is C=C1CCC(N2Cc3cc(N4CCN(C5CCN(CCCc6ccc([C@@H]7c8ccc(O)cc8CC[C@@H]7c7ccccc7)cc6)C5)CC4)ccc3C2=O)C(=O)N1. The highest BCUT2D eigenvalue weighted by Gasteiger charge is 2.39. The Labute approximate surface area is 325 Å². The highest BCUT2D eigenvalue weighted by atomic mass is 16.3. The van der Waals surface area contributed by atoms with Crippen molar-refractivity contribution in [1.82, 2.24) is 20.0 Å². The fourth-order valence-electron chi connectivity index (χ4n) is 10.2. The smallest absolute Gasteiger partial charge is 0.255 e. The van der Waals surface area contributed by atoms with Crippen LogP contribution in [0.3, 0.4) is 0 Å². The number of benzene rings is 4. The van der Waals surface area contributed by atoms with E-state index in [1.54, 1.807) is 4.90 Å². The van der Waals surface area contributed by atoms with E-state index in [0.717, 1.165) is 81.8 Å². The Morgan fingerprint density at radius 2 is 1.60 bits per heavy atom. The van der Waals surface area contributed by atoms with Gasteiger partial charge in [-0.3, -0.25) is 14.5 Å². The Bertz CT molecular complexity index is 2060. The van der Waals surface area contributed by atoms with Crippen molar-refractivity contribution in [2.24, 2.45) is 0 Å². The zero-order chi connectivity index (χ0) is 37.5. The molecule has 5 aliphatic rings. The molecule has 0 bridgehead atoms. The van der Waals surface area contributed by atoms with Crippen LogP contribution in [-0.2, 0) is 24.2 Å². The molecule has 9 rings (SSSR count). The van der Waals surface area contributed by atoms with E-state index in [9.17, 15) is 14.7 Å². The van der Waals surface area contributed by atoms with E-state index in [0.29, 0.717) is 37.1 Å². The van der Waals surface area contributed by atoms with E-state index in [1.807, 2.05) is 18.2 Å². The van der Waals surface area contributed by atoms with E-state index in [4.69, 9.17) is 0 Å². The van der Waals surface area contributed by atoms with E-state index >= 15 is 0 Å². The number of hydrogen-bond donors (Lipinski definition) is 2. The number of allylic oxidation sites excluding steroid dienone is 1. The molecular formula is C47H53N5O3. The van der Waals surface area contributed by atoms with Crippen molar-refractivity contribution in [2.75, 3.05) is 50.7 Å². The van der Waals surface area contributed by atoms with Gasteiger partial charge in [0.05, 0.1) is 0 Å². The molecule has 4 heterocycles. The predicted molar refractivity (Wildman–Crippen MR) is 217 cm³/mol. The van der Waals surface area contributed by atoms with Crippen LogP contribution in [0.2, 0.25) is 0 Å². The fraction of sp³-hybridized carbons (Fsp3) is 0.404. The minimum atomic E-state index is -0.424. The van der Waals surface area contributed by atoms with Gasteiger partial charge < -0.3 is 25.1 Å². The zero-order valence-electron chi connectivity index (χ0n) is 31.8. The summed E-state index contributed by atoms with van der Waals surface area (Å²) in [6, 6.07) is 32.7. The third kappa shape index (κ3) is 7.30. The molecule has 3 fully saturated rings. The first kappa shape index (κ1) is 35.8. The van der Waals surface area contributed by atoms with Crippen molar-refractivity contribution >= 4 is 17.5 Å². The molecule has 2 amide bonds. The Morgan fingerprint density at radius 3 is 2.40 bits per heavy atom. The minimum absolute atomic E-state index is 0.0377. The summed E-state index contributed by atoms with van der Waals surface area (Å²) >= 11 is 0. The Morgan fingerprint density at radius 1 is 0.782 bits per heavy atom. The van der Waals surface area contributed by atoms with Gasteiger partial charge in [-0.15, -0.1) is 0 Å². The molecule has 4 aromatic carbocycles. The van der Waals surface area contributed by atoms with Crippen LogP contribution in [0.15, 0.2) is 103 Å². The predicted octanol–water partition coefficient (Wildman–Crippen LogP) is 6.83. The van der Waals surface area contributed by atoms with Gasteiger partial charge in [-0.1, -0.05) is 67.2 Å². The van der Waals surface area contributed by atoms with Crippen molar-refractivity contribution < 1.29 is 14.7 Å². The van der Waals surface area contributed by atoms with Crippen LogP contribution >= 0.6 is 0 Å². The van der Waals surface area contributed by atoms with Gasteiger partial charge in [-0.2, -0.15) is 0 Å². The lowest BCUT2D eigenvalue weighted by atomic mass is 9.69. The number of carbonyl (C=O) groups excluding carboxylic acids is 2. The average Bonchev–Trinajstić information content (AvgIpc) is 3.82. The van der Waals surface area contributed by atoms with Crippen molar-refractivity contribution in [3.8, 4) is 5.75 Å². The molecule has 55 heavy (non-hydrogen) atoms. The maximum absolute atomic E-state index is 13.2. The van der Waals surface area contributed by atoms with Crippen LogP contribution in [0, 0.1) is 0 Å². The molecule has 284 valence electrons. The molecule has 0 aromatic heterocycles. The number of phenolic OH excluding ortho intramolecular Hbond substituents is 1. The standard InChI is InChI=1S/C47H53N5O3/c1-32-9-20-44(46(54)48-32)52-30-37-28-38(15-18-43(37)47(52)55)50-24-26-51(27-25-50)39-21-23-49(31-39)22-5-6-33-10-12-35(13-11-33)45-41(34-7-3-2-4-8-34)17-14-36-29-40(53)16-19-42(36)45/h2-4,7-8,10-13,15-16,18-19,28-29,39,41,44-45,53H,1,5-6,9,14,17,20-27,30-31H2,(H,48,54)/t39?,41-,44?,45+/m1/s1. The molecular weight excluding hydrogens is 683 g/mol. The number of rotatable bonds is 9. The number of aromatic hydroxyl groups is 1. The number of likely N-dealkylation sites (tertiary alicyclic amines) is 1. The second-order valence-electron chi connectivity index (χ2n) is 16.4. The first-order valence-electron chi connectivity index (χ1n) is 20.5. The van der Waals surface area contributed by atoms with Gasteiger partial charge in [0.1, 0.15) is 11.8 Å². The summed E-state index contributed by atoms with van der Waals surface area (Å²) in [5.74, 6) is 0.912. The van der Waals surface area contributed by atoms with E-state index in [1.165, 1.54) is 46.5 Å². The van der Waals surface area contributed by atoms with Crippen molar-refractivity contribution in [1.29, 1.82) is 0 Å². The Balaban J connectivity index is 0.753. The number of anilines is 1. The number of nitrogens with one attached hydrogen (secondary N) is 1. The largest absolute Gasteiger partial charge is 0.508 e. The fourth-order valence-corrected chi connectivity index (χ4v) is 10.2. The van der Waals surface area contributed by atoms with Crippen LogP contribution in [0.1, 0.15) is 87.7 Å². The molecule has 2 unspecified atom stereocenters. The maximum atomic E-state index is 13.2. The normalized spacial score (nSPS) is 24.5. The number of piperidine rings is 1. The number of piperazine rings is 1. The highest BCUT2D eigenvalue weighted by molar-refractivity contribution is 6.01. The molecule has 4 aliphatic heterocycles. The summed E-state index contributed by atoms with van der Waals surface area (Å²) < 4.78 is 0. The Hall–Kier alpha value is -4.92. The van der Waals surface area contributed by atoms with Gasteiger partial charge in [-0.25, -0.2) is 0 Å². The van der Waals surface area contributed by atoms with Crippen LogP contribution < -0.4 is 10.2 Å². The lowest BCUT2D eigenvalue weighted by Crippen LogP contribution is -2.51. The molecule has 1 aliphatic carbocycles. The van der Waals surface area contributed by atoms with Gasteiger partial charge >= 0.3 is 0 Å². The number of phenols is 1. The summed E-state index contributed by atoms with van der Waals surface area (Å²) in [5.41, 5.74) is 10.5. The molecule has 0 spiro atoms. The van der Waals surface area contributed by atoms with Gasteiger partial charge in [0.2, 0.25) is 5.91 Å². The summed E-state index contributed by atoms with van der Waals surface area (Å²) in [6.07, 6.45) is 6.90. The van der Waals surface area contributed by atoms with Crippen LogP contribution in [0.25, 0.3) is 0 Å². The molecule has 4 aromatic rings. The lowest BCUT2D eigenvalue weighted by molar-refractivity contribution is -0.126. The summed E-state index contributed by atoms with van der Waals surface area (Å²) in [6.45, 7) is 11.9. The quantitative estimate of drug-likeness (QED) is 0.196. The van der Waals surface area contributed by atoms with Crippen molar-refractivity contribution in [3.05, 3.63) is 142 Å². The third-order valence-corrected chi connectivity index (χ3v) is 13.2. The summed E-state index contributed by atoms with van der Waals surface area (Å²) in [4.78, 5) is 35.4. The molecule has 0 saturated carbocycles. The average molecular weight is 736 g/mol. The second kappa shape index (κ2) is 15.3. The van der Waals surface area contributed by atoms with Crippen LogP contribution in [-0.4, -0.2) is 89.5 Å². The molecule has 3 saturated heterocycles. The number of amides is 2. The zero-order valence-corrected chi connectivity index (χ0v) is 31.8. The Kier molecular flexibility index (Phi) is 9.96. The second-order valence-corrected chi connectivity index (χ2v) is 16.4. The topological polar surface area (TPSA) is 79.4 Å². The van der Waals surface area contributed by atoms with E-state index in [-0.39, 0.29) is 17.7 Å². The number of aryl methyl sites for hydroxylation is 2. The van der Waals surface area contributed by atoms with Crippen LogP contribution in [0.5, 0.6) is 5.75 Å². The molecule has 2 N–H and O–H groups in total. The van der Waals surface area contributed by atoms with Crippen molar-refractivity contribution in [3.63, 3.8) is 0 Å². The summed E-state index contributed by atoms with van der Waals surface area (Å²) in [7, 11) is 0. The number of fused-ring (bicyclic) bond motifs is 2.